The number of amides is 2. The quantitative estimate of drug-likeness (QED) is 0.528. The third-order valence-electron chi connectivity index (χ3n) is 6.27. The number of carbonyl (C=O) groups is 2. The van der Waals surface area contributed by atoms with Crippen LogP contribution in [-0.2, 0) is 5.54 Å². The van der Waals surface area contributed by atoms with E-state index in [9.17, 15) is 9.59 Å². The van der Waals surface area contributed by atoms with E-state index < -0.39 is 5.54 Å². The topological polar surface area (TPSA) is 67.4 Å². The summed E-state index contributed by atoms with van der Waals surface area (Å²) in [5, 5.41) is 6.29. The number of nitrogens with one attached hydrogen (secondary N) is 2. The van der Waals surface area contributed by atoms with Crippen molar-refractivity contribution >= 4 is 11.8 Å². The van der Waals surface area contributed by atoms with E-state index >= 15 is 0 Å². The van der Waals surface area contributed by atoms with Crippen LogP contribution in [0.15, 0.2) is 48.5 Å². The summed E-state index contributed by atoms with van der Waals surface area (Å²) in [7, 11) is 0. The summed E-state index contributed by atoms with van der Waals surface area (Å²) in [5.41, 5.74) is 2.61. The van der Waals surface area contributed by atoms with Gasteiger partial charge in [0.15, 0.2) is 5.78 Å². The SMILES string of the molecule is CC(=O)c1ccc(O[C@H]2CC[C@H](NC(=O)NC(C)(C)c3cccc(C(C)C)c3)CC2)cc1. The number of hydrogen-bond acceptors (Lipinski definition) is 3. The first-order chi connectivity index (χ1) is 15.1. The number of ketones is 1. The fraction of sp³-hybridized carbons (Fsp3) is 0.481. The average molecular weight is 437 g/mol. The van der Waals surface area contributed by atoms with Gasteiger partial charge in [0.1, 0.15) is 5.75 Å². The first-order valence-electron chi connectivity index (χ1n) is 11.6. The number of urea groups is 1. The van der Waals surface area contributed by atoms with Gasteiger partial charge in [-0.15, -0.1) is 0 Å². The molecule has 0 unspecified atom stereocenters. The Balaban J connectivity index is 1.47. The predicted octanol–water partition coefficient (Wildman–Crippen LogP) is 5.94. The van der Waals surface area contributed by atoms with Crippen LogP contribution in [0, 0.1) is 0 Å². The fourth-order valence-electron chi connectivity index (χ4n) is 4.15. The molecule has 1 fully saturated rings. The van der Waals surface area contributed by atoms with Crippen molar-refractivity contribution in [1.29, 1.82) is 0 Å². The summed E-state index contributed by atoms with van der Waals surface area (Å²) in [6.45, 7) is 9.98. The first-order valence-corrected chi connectivity index (χ1v) is 11.6. The molecule has 5 nitrogen and oxygen atoms in total. The van der Waals surface area contributed by atoms with Gasteiger partial charge in [-0.25, -0.2) is 4.79 Å². The molecule has 0 radical (unpaired) electrons. The van der Waals surface area contributed by atoms with E-state index in [2.05, 4.69) is 48.7 Å². The Bertz CT molecular complexity index is 926. The standard InChI is InChI=1S/C27H36N2O3/c1-18(2)21-7-6-8-22(17-21)27(4,5)29-26(31)28-23-11-15-25(16-12-23)32-24-13-9-20(10-14-24)19(3)30/h6-10,13-14,17-18,23,25H,11-12,15-16H2,1-5H3,(H2,28,29,31)/t23-,25-. The zero-order chi connectivity index (χ0) is 23.3. The molecular weight excluding hydrogens is 400 g/mol. The Morgan fingerprint density at radius 1 is 1.00 bits per heavy atom. The van der Waals surface area contributed by atoms with E-state index in [1.807, 2.05) is 26.0 Å². The van der Waals surface area contributed by atoms with E-state index in [0.717, 1.165) is 37.0 Å². The summed E-state index contributed by atoms with van der Waals surface area (Å²) in [4.78, 5) is 24.1. The molecule has 2 aromatic rings. The second-order valence-electron chi connectivity index (χ2n) is 9.68. The molecule has 2 N–H and O–H groups in total. The number of Topliss-reactive ketones (excluding diaryl/α,β-unsaturated/α-hetero) is 1. The molecule has 2 aromatic carbocycles. The van der Waals surface area contributed by atoms with Crippen molar-refractivity contribution in [2.75, 3.05) is 0 Å². The molecule has 0 bridgehead atoms. The molecule has 1 aliphatic rings. The second kappa shape index (κ2) is 10.2. The molecule has 1 saturated carbocycles. The van der Waals surface area contributed by atoms with Gasteiger partial charge in [-0.1, -0.05) is 38.1 Å². The lowest BCUT2D eigenvalue weighted by molar-refractivity contribution is 0.101. The first kappa shape index (κ1) is 23.8. The lowest BCUT2D eigenvalue weighted by atomic mass is 9.90. The average Bonchev–Trinajstić information content (AvgIpc) is 2.75. The second-order valence-corrected chi connectivity index (χ2v) is 9.68. The van der Waals surface area contributed by atoms with Gasteiger partial charge < -0.3 is 15.4 Å². The van der Waals surface area contributed by atoms with Crippen LogP contribution in [0.5, 0.6) is 5.75 Å². The number of hydrogen-bond donors (Lipinski definition) is 2. The monoisotopic (exact) mass is 436 g/mol. The minimum Gasteiger partial charge on any atom is -0.490 e. The highest BCUT2D eigenvalue weighted by Crippen LogP contribution is 2.26. The fourth-order valence-corrected chi connectivity index (χ4v) is 4.15. The Hall–Kier alpha value is -2.82. The van der Waals surface area contributed by atoms with E-state index in [4.69, 9.17) is 4.74 Å². The summed E-state index contributed by atoms with van der Waals surface area (Å²) in [6.07, 6.45) is 3.67. The molecule has 0 saturated heterocycles. The molecule has 0 atom stereocenters. The Kier molecular flexibility index (Phi) is 7.60. The van der Waals surface area contributed by atoms with Crippen molar-refractivity contribution in [3.05, 3.63) is 65.2 Å². The number of rotatable bonds is 7. The molecular formula is C27H36N2O3. The molecule has 0 aromatic heterocycles. The molecule has 0 aliphatic heterocycles. The van der Waals surface area contributed by atoms with Crippen LogP contribution in [0.3, 0.4) is 0 Å². The maximum absolute atomic E-state index is 12.7. The highest BCUT2D eigenvalue weighted by Gasteiger charge is 2.27. The molecule has 1 aliphatic carbocycles. The van der Waals surface area contributed by atoms with Crippen LogP contribution in [0.4, 0.5) is 4.79 Å². The van der Waals surface area contributed by atoms with Crippen molar-refractivity contribution in [3.63, 3.8) is 0 Å². The van der Waals surface area contributed by atoms with Crippen LogP contribution in [0.25, 0.3) is 0 Å². The molecule has 0 heterocycles. The summed E-state index contributed by atoms with van der Waals surface area (Å²) in [5.74, 6) is 1.29. The Morgan fingerprint density at radius 3 is 2.25 bits per heavy atom. The van der Waals surface area contributed by atoms with Gasteiger partial charge in [0.25, 0.3) is 0 Å². The van der Waals surface area contributed by atoms with Crippen LogP contribution in [-0.4, -0.2) is 24.0 Å². The third kappa shape index (κ3) is 6.35. The van der Waals surface area contributed by atoms with Crippen molar-refractivity contribution in [2.45, 2.75) is 83.9 Å². The van der Waals surface area contributed by atoms with Gasteiger partial charge in [-0.2, -0.15) is 0 Å². The van der Waals surface area contributed by atoms with Gasteiger partial charge in [-0.3, -0.25) is 4.79 Å². The molecule has 3 rings (SSSR count). The highest BCUT2D eigenvalue weighted by molar-refractivity contribution is 5.94. The van der Waals surface area contributed by atoms with E-state index in [-0.39, 0.29) is 24.0 Å². The van der Waals surface area contributed by atoms with Gasteiger partial charge in [0.2, 0.25) is 0 Å². The number of ether oxygens (including phenoxy) is 1. The zero-order valence-corrected chi connectivity index (χ0v) is 19.9. The Labute approximate surface area is 191 Å². The zero-order valence-electron chi connectivity index (χ0n) is 19.9. The van der Waals surface area contributed by atoms with E-state index in [1.54, 1.807) is 19.1 Å². The van der Waals surface area contributed by atoms with Crippen molar-refractivity contribution < 1.29 is 14.3 Å². The third-order valence-corrected chi connectivity index (χ3v) is 6.27. The van der Waals surface area contributed by atoms with Gasteiger partial charge >= 0.3 is 6.03 Å². The minimum atomic E-state index is -0.457. The number of benzene rings is 2. The minimum absolute atomic E-state index is 0.0530. The maximum Gasteiger partial charge on any atom is 0.315 e. The van der Waals surface area contributed by atoms with E-state index in [1.165, 1.54) is 5.56 Å². The molecule has 5 heteroatoms. The lowest BCUT2D eigenvalue weighted by Crippen LogP contribution is -2.50. The highest BCUT2D eigenvalue weighted by atomic mass is 16.5. The van der Waals surface area contributed by atoms with Crippen LogP contribution < -0.4 is 15.4 Å². The van der Waals surface area contributed by atoms with E-state index in [0.29, 0.717) is 11.5 Å². The molecule has 0 spiro atoms. The summed E-state index contributed by atoms with van der Waals surface area (Å²) < 4.78 is 6.07. The molecule has 32 heavy (non-hydrogen) atoms. The maximum atomic E-state index is 12.7. The van der Waals surface area contributed by atoms with Gasteiger partial charge in [0, 0.05) is 11.6 Å². The predicted molar refractivity (Wildman–Crippen MR) is 128 cm³/mol. The summed E-state index contributed by atoms with van der Waals surface area (Å²) in [6, 6.07) is 15.7. The van der Waals surface area contributed by atoms with Crippen molar-refractivity contribution in [2.24, 2.45) is 0 Å². The normalized spacial score (nSPS) is 18.8. The summed E-state index contributed by atoms with van der Waals surface area (Å²) >= 11 is 0. The molecule has 172 valence electrons. The van der Waals surface area contributed by atoms with Crippen molar-refractivity contribution in [1.82, 2.24) is 10.6 Å². The van der Waals surface area contributed by atoms with Gasteiger partial charge in [0.05, 0.1) is 11.6 Å². The smallest absolute Gasteiger partial charge is 0.315 e. The largest absolute Gasteiger partial charge is 0.490 e. The van der Waals surface area contributed by atoms with Crippen LogP contribution >= 0.6 is 0 Å². The van der Waals surface area contributed by atoms with Crippen LogP contribution in [0.2, 0.25) is 0 Å². The van der Waals surface area contributed by atoms with Gasteiger partial charge in [-0.05, 0) is 87.8 Å². The van der Waals surface area contributed by atoms with Crippen LogP contribution in [0.1, 0.15) is 87.7 Å². The lowest BCUT2D eigenvalue weighted by Gasteiger charge is -2.32. The molecule has 2 amide bonds. The number of carbonyl (C=O) groups excluding carboxylic acids is 2. The van der Waals surface area contributed by atoms with Crippen molar-refractivity contribution in [3.8, 4) is 5.75 Å². The Morgan fingerprint density at radius 2 is 1.66 bits per heavy atom.